The monoisotopic (exact) mass is 218 g/mol. The molecule has 0 saturated carbocycles. The van der Waals surface area contributed by atoms with Crippen LogP contribution in [-0.4, -0.2) is 50.2 Å². The molecule has 1 aliphatic rings. The summed E-state index contributed by atoms with van der Waals surface area (Å²) in [6.07, 6.45) is 0. The zero-order valence-corrected chi connectivity index (χ0v) is 8.85. The van der Waals surface area contributed by atoms with E-state index < -0.39 is 0 Å². The van der Waals surface area contributed by atoms with Crippen molar-refractivity contribution in [1.29, 1.82) is 0 Å². The molecule has 0 radical (unpaired) electrons. The van der Waals surface area contributed by atoms with E-state index in [0.29, 0.717) is 44.4 Å². The van der Waals surface area contributed by atoms with Crippen LogP contribution in [0, 0.1) is 0 Å². The highest BCUT2D eigenvalue weighted by atomic mass is 35.5. The van der Waals surface area contributed by atoms with E-state index in [1.807, 2.05) is 0 Å². The molecular formula is C9H15ClN2O2. The number of nitrogens with one attached hydrogen (secondary N) is 1. The molecule has 0 unspecified atom stereocenters. The Labute approximate surface area is 88.9 Å². The minimum atomic E-state index is 0.0891. The van der Waals surface area contributed by atoms with Crippen LogP contribution in [0.1, 0.15) is 0 Å². The van der Waals surface area contributed by atoms with Crippen LogP contribution >= 0.6 is 11.6 Å². The average molecular weight is 219 g/mol. The van der Waals surface area contributed by atoms with E-state index in [0.717, 1.165) is 0 Å². The van der Waals surface area contributed by atoms with Crippen LogP contribution in [0.15, 0.2) is 11.6 Å². The molecule has 14 heavy (non-hydrogen) atoms. The van der Waals surface area contributed by atoms with Crippen LogP contribution in [-0.2, 0) is 9.53 Å². The van der Waals surface area contributed by atoms with Gasteiger partial charge in [-0.15, -0.1) is 0 Å². The highest BCUT2D eigenvalue weighted by molar-refractivity contribution is 6.29. The molecule has 0 aromatic rings. The van der Waals surface area contributed by atoms with Crippen molar-refractivity contribution in [2.45, 2.75) is 0 Å². The lowest BCUT2D eigenvalue weighted by atomic mass is 10.4. The molecule has 4 nitrogen and oxygen atoms in total. The summed E-state index contributed by atoms with van der Waals surface area (Å²) in [4.78, 5) is 13.3. The fourth-order valence-electron chi connectivity index (χ4n) is 1.23. The molecule has 1 rings (SSSR count). The maximum Gasteiger partial charge on any atom is 0.236 e. The summed E-state index contributed by atoms with van der Waals surface area (Å²) in [7, 11) is 0. The van der Waals surface area contributed by atoms with E-state index in [9.17, 15) is 4.79 Å². The molecule has 0 bridgehead atoms. The number of nitrogens with zero attached hydrogens (tertiary/aromatic N) is 1. The quantitative estimate of drug-likeness (QED) is 0.733. The molecule has 1 N–H and O–H groups in total. The van der Waals surface area contributed by atoms with Gasteiger partial charge in [-0.2, -0.15) is 0 Å². The lowest BCUT2D eigenvalue weighted by Crippen LogP contribution is -2.44. The van der Waals surface area contributed by atoms with Crippen LogP contribution in [0.25, 0.3) is 0 Å². The third-order valence-corrected chi connectivity index (χ3v) is 2.09. The zero-order chi connectivity index (χ0) is 10.4. The van der Waals surface area contributed by atoms with Gasteiger partial charge in [0.15, 0.2) is 0 Å². The molecule has 1 saturated heterocycles. The first-order chi connectivity index (χ1) is 6.70. The Hall–Kier alpha value is -0.580. The highest BCUT2D eigenvalue weighted by Gasteiger charge is 2.15. The molecular weight excluding hydrogens is 204 g/mol. The Morgan fingerprint density at radius 1 is 1.43 bits per heavy atom. The third-order valence-electron chi connectivity index (χ3n) is 1.96. The SMILES string of the molecule is C=C(Cl)CNCC(=O)N1CCOCC1. The number of hydrogen-bond donors (Lipinski definition) is 1. The second-order valence-corrected chi connectivity index (χ2v) is 3.65. The van der Waals surface area contributed by atoms with Gasteiger partial charge in [-0.25, -0.2) is 0 Å². The number of carbonyl (C=O) groups excluding carboxylic acids is 1. The number of carbonyl (C=O) groups is 1. The molecule has 1 heterocycles. The van der Waals surface area contributed by atoms with Gasteiger partial charge in [0.05, 0.1) is 19.8 Å². The van der Waals surface area contributed by atoms with Gasteiger partial charge in [-0.1, -0.05) is 18.2 Å². The Bertz CT molecular complexity index is 215. The van der Waals surface area contributed by atoms with Crippen LogP contribution < -0.4 is 5.32 Å². The molecule has 0 spiro atoms. The van der Waals surface area contributed by atoms with Crippen molar-refractivity contribution in [2.24, 2.45) is 0 Å². The minimum absolute atomic E-state index is 0.0891. The van der Waals surface area contributed by atoms with Gasteiger partial charge in [0.2, 0.25) is 5.91 Å². The molecule has 5 heteroatoms. The first-order valence-corrected chi connectivity index (χ1v) is 4.97. The predicted octanol–water partition coefficient (Wildman–Crippen LogP) is 0.187. The van der Waals surface area contributed by atoms with Crippen molar-refractivity contribution < 1.29 is 9.53 Å². The third kappa shape index (κ3) is 4.09. The van der Waals surface area contributed by atoms with Crippen LogP contribution in [0.2, 0.25) is 0 Å². The number of amides is 1. The topological polar surface area (TPSA) is 41.6 Å². The van der Waals surface area contributed by atoms with E-state index in [1.165, 1.54) is 0 Å². The summed E-state index contributed by atoms with van der Waals surface area (Å²) in [6.45, 7) is 6.94. The molecule has 1 aliphatic heterocycles. The van der Waals surface area contributed by atoms with Gasteiger partial charge >= 0.3 is 0 Å². The number of rotatable bonds is 4. The number of ether oxygens (including phenoxy) is 1. The lowest BCUT2D eigenvalue weighted by Gasteiger charge is -2.26. The summed E-state index contributed by atoms with van der Waals surface area (Å²) < 4.78 is 5.14. The van der Waals surface area contributed by atoms with E-state index in [2.05, 4.69) is 11.9 Å². The van der Waals surface area contributed by atoms with Gasteiger partial charge in [0, 0.05) is 24.7 Å². The second kappa shape index (κ2) is 6.01. The average Bonchev–Trinajstić information content (AvgIpc) is 2.18. The zero-order valence-electron chi connectivity index (χ0n) is 8.09. The summed E-state index contributed by atoms with van der Waals surface area (Å²) in [5.74, 6) is 0.0891. The second-order valence-electron chi connectivity index (χ2n) is 3.11. The van der Waals surface area contributed by atoms with Crippen molar-refractivity contribution in [2.75, 3.05) is 39.4 Å². The van der Waals surface area contributed by atoms with E-state index >= 15 is 0 Å². The van der Waals surface area contributed by atoms with E-state index in [-0.39, 0.29) is 5.91 Å². The molecule has 0 aromatic heterocycles. The predicted molar refractivity (Wildman–Crippen MR) is 55.3 cm³/mol. The van der Waals surface area contributed by atoms with Crippen molar-refractivity contribution in [3.63, 3.8) is 0 Å². The maximum absolute atomic E-state index is 11.5. The van der Waals surface area contributed by atoms with Gasteiger partial charge in [-0.05, 0) is 0 Å². The number of halogens is 1. The largest absolute Gasteiger partial charge is 0.378 e. The number of hydrogen-bond acceptors (Lipinski definition) is 3. The Morgan fingerprint density at radius 2 is 2.07 bits per heavy atom. The van der Waals surface area contributed by atoms with Gasteiger partial charge in [0.25, 0.3) is 0 Å². The first-order valence-electron chi connectivity index (χ1n) is 4.59. The van der Waals surface area contributed by atoms with Crippen molar-refractivity contribution in [1.82, 2.24) is 10.2 Å². The minimum Gasteiger partial charge on any atom is -0.378 e. The molecule has 0 aromatic carbocycles. The Morgan fingerprint density at radius 3 is 2.64 bits per heavy atom. The van der Waals surface area contributed by atoms with Gasteiger partial charge in [-0.3, -0.25) is 4.79 Å². The standard InChI is InChI=1S/C9H15ClN2O2/c1-8(10)6-11-7-9(13)12-2-4-14-5-3-12/h11H,1-7H2. The summed E-state index contributed by atoms with van der Waals surface area (Å²) in [5, 5.41) is 3.43. The fraction of sp³-hybridized carbons (Fsp3) is 0.667. The highest BCUT2D eigenvalue weighted by Crippen LogP contribution is 1.97. The normalized spacial score (nSPS) is 16.8. The van der Waals surface area contributed by atoms with Crippen molar-refractivity contribution in [3.05, 3.63) is 11.6 Å². The summed E-state index contributed by atoms with van der Waals surface area (Å²) >= 11 is 5.55. The lowest BCUT2D eigenvalue weighted by molar-refractivity contribution is -0.134. The van der Waals surface area contributed by atoms with Crippen molar-refractivity contribution in [3.8, 4) is 0 Å². The first kappa shape index (κ1) is 11.5. The maximum atomic E-state index is 11.5. The fourth-order valence-corrected chi connectivity index (χ4v) is 1.32. The van der Waals surface area contributed by atoms with Crippen molar-refractivity contribution >= 4 is 17.5 Å². The van der Waals surface area contributed by atoms with Crippen LogP contribution in [0.5, 0.6) is 0 Å². The van der Waals surface area contributed by atoms with E-state index in [4.69, 9.17) is 16.3 Å². The van der Waals surface area contributed by atoms with Crippen LogP contribution in [0.4, 0.5) is 0 Å². The molecule has 1 amide bonds. The summed E-state index contributed by atoms with van der Waals surface area (Å²) in [5.41, 5.74) is 0. The van der Waals surface area contributed by atoms with E-state index in [1.54, 1.807) is 4.90 Å². The summed E-state index contributed by atoms with van der Waals surface area (Å²) in [6, 6.07) is 0. The molecule has 0 aliphatic carbocycles. The molecule has 80 valence electrons. The Balaban J connectivity index is 2.16. The Kier molecular flexibility index (Phi) is 4.93. The van der Waals surface area contributed by atoms with Crippen LogP contribution in [0.3, 0.4) is 0 Å². The molecule has 0 atom stereocenters. The van der Waals surface area contributed by atoms with Gasteiger partial charge in [0.1, 0.15) is 0 Å². The molecule has 1 fully saturated rings. The smallest absolute Gasteiger partial charge is 0.236 e. The number of morpholine rings is 1. The van der Waals surface area contributed by atoms with Gasteiger partial charge < -0.3 is 15.0 Å².